The second-order valence-corrected chi connectivity index (χ2v) is 4.27. The minimum atomic E-state index is -0.460. The second-order valence-electron chi connectivity index (χ2n) is 3.61. The summed E-state index contributed by atoms with van der Waals surface area (Å²) in [4.78, 5) is 0. The maximum absolute atomic E-state index is 13.7. The van der Waals surface area contributed by atoms with Crippen LogP contribution in [0.5, 0.6) is 5.75 Å². The zero-order valence-corrected chi connectivity index (χ0v) is 10.7. The average molecular weight is 271 g/mol. The van der Waals surface area contributed by atoms with Gasteiger partial charge in [-0.05, 0) is 36.4 Å². The zero-order chi connectivity index (χ0) is 13.1. The van der Waals surface area contributed by atoms with Gasteiger partial charge in [0.15, 0.2) is 17.4 Å². The number of benzene rings is 1. The molecule has 0 aliphatic heterocycles. The van der Waals surface area contributed by atoms with E-state index in [-0.39, 0.29) is 11.1 Å². The van der Waals surface area contributed by atoms with Crippen LogP contribution in [0, 0.1) is 5.82 Å². The number of aromatic nitrogens is 4. The second kappa shape index (κ2) is 5.30. The first-order chi connectivity index (χ1) is 8.63. The summed E-state index contributed by atoms with van der Waals surface area (Å²) in [6.07, 6.45) is 0. The molecule has 0 bridgehead atoms. The molecule has 0 fully saturated rings. The van der Waals surface area contributed by atoms with Gasteiger partial charge >= 0.3 is 0 Å². The Morgan fingerprint density at radius 2 is 2.28 bits per heavy atom. The molecule has 0 radical (unpaired) electrons. The molecular weight excluding hydrogens is 259 g/mol. The van der Waals surface area contributed by atoms with Gasteiger partial charge in [0.25, 0.3) is 0 Å². The first-order valence-electron chi connectivity index (χ1n) is 5.48. The summed E-state index contributed by atoms with van der Waals surface area (Å²) in [7, 11) is 0. The van der Waals surface area contributed by atoms with E-state index >= 15 is 0 Å². The van der Waals surface area contributed by atoms with Crippen molar-refractivity contribution in [3.05, 3.63) is 29.8 Å². The highest BCUT2D eigenvalue weighted by Crippen LogP contribution is 2.23. The minimum absolute atomic E-state index is 0.204. The van der Waals surface area contributed by atoms with Crippen molar-refractivity contribution in [2.45, 2.75) is 19.2 Å². The lowest BCUT2D eigenvalue weighted by Crippen LogP contribution is -2.05. The monoisotopic (exact) mass is 270 g/mol. The molecule has 96 valence electrons. The number of alkyl halides is 1. The van der Waals surface area contributed by atoms with Gasteiger partial charge in [0.05, 0.1) is 17.7 Å². The Balaban J connectivity index is 2.39. The van der Waals surface area contributed by atoms with Crippen molar-refractivity contribution in [1.82, 2.24) is 20.2 Å². The smallest absolute Gasteiger partial charge is 0.174 e. The van der Waals surface area contributed by atoms with Gasteiger partial charge in [-0.2, -0.15) is 4.68 Å². The molecule has 1 atom stereocenters. The van der Waals surface area contributed by atoms with Crippen molar-refractivity contribution in [2.75, 3.05) is 6.61 Å². The van der Waals surface area contributed by atoms with Gasteiger partial charge in [0, 0.05) is 6.07 Å². The van der Waals surface area contributed by atoms with Crippen molar-refractivity contribution < 1.29 is 9.13 Å². The Kier molecular flexibility index (Phi) is 3.76. The number of halogens is 2. The number of hydrogen-bond acceptors (Lipinski definition) is 4. The van der Waals surface area contributed by atoms with Crippen molar-refractivity contribution in [3.8, 4) is 11.4 Å². The lowest BCUT2D eigenvalue weighted by atomic mass is 10.3. The van der Waals surface area contributed by atoms with Crippen molar-refractivity contribution in [2.24, 2.45) is 0 Å². The SMILES string of the molecule is CCOc1ccc(-n2nnnc2C(C)Cl)cc1F. The van der Waals surface area contributed by atoms with E-state index in [1.807, 2.05) is 0 Å². The van der Waals surface area contributed by atoms with Gasteiger partial charge < -0.3 is 4.74 Å². The largest absolute Gasteiger partial charge is 0.491 e. The lowest BCUT2D eigenvalue weighted by Gasteiger charge is -2.08. The molecule has 1 aromatic carbocycles. The molecule has 1 unspecified atom stereocenters. The van der Waals surface area contributed by atoms with Gasteiger partial charge in [-0.1, -0.05) is 0 Å². The highest BCUT2D eigenvalue weighted by Gasteiger charge is 2.14. The van der Waals surface area contributed by atoms with Crippen molar-refractivity contribution in [3.63, 3.8) is 0 Å². The van der Waals surface area contributed by atoms with Crippen LogP contribution in [0.1, 0.15) is 25.0 Å². The molecule has 5 nitrogen and oxygen atoms in total. The van der Waals surface area contributed by atoms with E-state index in [2.05, 4.69) is 15.5 Å². The molecule has 0 spiro atoms. The molecule has 0 N–H and O–H groups in total. The van der Waals surface area contributed by atoms with E-state index < -0.39 is 5.82 Å². The number of nitrogens with zero attached hydrogens (tertiary/aromatic N) is 4. The molecular formula is C11H12ClFN4O. The quantitative estimate of drug-likeness (QED) is 0.801. The lowest BCUT2D eigenvalue weighted by molar-refractivity contribution is 0.321. The summed E-state index contributed by atoms with van der Waals surface area (Å²) in [5.41, 5.74) is 0.503. The first kappa shape index (κ1) is 12.8. The molecule has 7 heteroatoms. The van der Waals surface area contributed by atoms with E-state index in [1.54, 1.807) is 26.0 Å². The van der Waals surface area contributed by atoms with Crippen LogP contribution in [0.3, 0.4) is 0 Å². The van der Waals surface area contributed by atoms with Gasteiger partial charge in [-0.3, -0.25) is 0 Å². The highest BCUT2D eigenvalue weighted by molar-refractivity contribution is 6.20. The van der Waals surface area contributed by atoms with Crippen LogP contribution in [0.15, 0.2) is 18.2 Å². The van der Waals surface area contributed by atoms with Crippen LogP contribution in [0.4, 0.5) is 4.39 Å². The van der Waals surface area contributed by atoms with Gasteiger partial charge in [-0.25, -0.2) is 4.39 Å². The maximum atomic E-state index is 13.7. The molecule has 0 saturated carbocycles. The standard InChI is InChI=1S/C11H12ClFN4O/c1-3-18-10-5-4-8(6-9(10)13)17-11(7(2)12)14-15-16-17/h4-7H,3H2,1-2H3. The van der Waals surface area contributed by atoms with Crippen molar-refractivity contribution in [1.29, 1.82) is 0 Å². The average Bonchev–Trinajstić information content (AvgIpc) is 2.81. The van der Waals surface area contributed by atoms with Crippen LogP contribution >= 0.6 is 11.6 Å². The molecule has 1 heterocycles. The van der Waals surface area contributed by atoms with E-state index in [9.17, 15) is 4.39 Å². The topological polar surface area (TPSA) is 52.8 Å². The van der Waals surface area contributed by atoms with Crippen molar-refractivity contribution >= 4 is 11.6 Å². The van der Waals surface area contributed by atoms with Gasteiger partial charge in [0.1, 0.15) is 0 Å². The summed E-state index contributed by atoms with van der Waals surface area (Å²) in [6, 6.07) is 4.52. The Morgan fingerprint density at radius 1 is 1.50 bits per heavy atom. The normalized spacial score (nSPS) is 12.4. The molecule has 2 aromatic rings. The first-order valence-corrected chi connectivity index (χ1v) is 5.92. The van der Waals surface area contributed by atoms with Crippen LogP contribution in [0.25, 0.3) is 5.69 Å². The number of tetrazole rings is 1. The summed E-state index contributed by atoms with van der Waals surface area (Å²) >= 11 is 5.94. The molecule has 0 saturated heterocycles. The Hall–Kier alpha value is -1.69. The van der Waals surface area contributed by atoms with Crippen LogP contribution < -0.4 is 4.74 Å². The molecule has 2 rings (SSSR count). The fourth-order valence-electron chi connectivity index (χ4n) is 1.52. The fourth-order valence-corrected chi connectivity index (χ4v) is 1.66. The molecule has 0 aliphatic carbocycles. The van der Waals surface area contributed by atoms with Crippen LogP contribution in [-0.2, 0) is 0 Å². The van der Waals surface area contributed by atoms with Crippen LogP contribution in [-0.4, -0.2) is 26.8 Å². The minimum Gasteiger partial charge on any atom is -0.491 e. The maximum Gasteiger partial charge on any atom is 0.174 e. The van der Waals surface area contributed by atoms with E-state index in [1.165, 1.54) is 10.7 Å². The highest BCUT2D eigenvalue weighted by atomic mass is 35.5. The predicted molar refractivity (Wildman–Crippen MR) is 64.5 cm³/mol. The van der Waals surface area contributed by atoms with Crippen LogP contribution in [0.2, 0.25) is 0 Å². The van der Waals surface area contributed by atoms with E-state index in [4.69, 9.17) is 16.3 Å². The van der Waals surface area contributed by atoms with Gasteiger partial charge in [0.2, 0.25) is 0 Å². The Labute approximate surface area is 109 Å². The third-order valence-corrected chi connectivity index (χ3v) is 2.50. The Bertz CT molecular complexity index is 544. The number of ether oxygens (including phenoxy) is 1. The van der Waals surface area contributed by atoms with Gasteiger partial charge in [-0.15, -0.1) is 16.7 Å². The Morgan fingerprint density at radius 3 is 2.89 bits per heavy atom. The summed E-state index contributed by atoms with van der Waals surface area (Å²) in [5, 5.41) is 10.8. The number of hydrogen-bond donors (Lipinski definition) is 0. The fraction of sp³-hybridized carbons (Fsp3) is 0.364. The predicted octanol–water partition coefficient (Wildman–Crippen LogP) is 2.50. The third kappa shape index (κ3) is 2.43. The summed E-state index contributed by atoms with van der Waals surface area (Å²) in [5.74, 6) is 0.202. The van der Waals surface area contributed by atoms with E-state index in [0.717, 1.165) is 0 Å². The molecule has 1 aromatic heterocycles. The third-order valence-electron chi connectivity index (χ3n) is 2.31. The van der Waals surface area contributed by atoms with E-state index in [0.29, 0.717) is 18.1 Å². The number of rotatable bonds is 4. The molecule has 0 amide bonds. The summed E-state index contributed by atoms with van der Waals surface area (Å²) in [6.45, 7) is 3.95. The molecule has 0 aliphatic rings. The summed E-state index contributed by atoms with van der Waals surface area (Å²) < 4.78 is 20.2. The zero-order valence-electron chi connectivity index (χ0n) is 9.97. The molecule has 18 heavy (non-hydrogen) atoms.